The van der Waals surface area contributed by atoms with Crippen LogP contribution in [0.4, 0.5) is 10.5 Å². The molecule has 1 aliphatic rings. The largest absolute Gasteiger partial charge is 0.495 e. The van der Waals surface area contributed by atoms with Crippen molar-refractivity contribution >= 4 is 11.7 Å². The molecule has 1 N–H and O–H groups in total. The Kier molecular flexibility index (Phi) is 5.09. The van der Waals surface area contributed by atoms with Crippen LogP contribution in [0.1, 0.15) is 5.56 Å². The number of rotatable bonds is 4. The molecule has 1 heterocycles. The smallest absolute Gasteiger partial charge is 0.317 e. The number of anilines is 1. The van der Waals surface area contributed by atoms with Crippen LogP contribution in [-0.2, 0) is 0 Å². The van der Waals surface area contributed by atoms with Gasteiger partial charge in [0.05, 0.1) is 12.8 Å². The topological polar surface area (TPSA) is 44.8 Å². The highest BCUT2D eigenvalue weighted by Gasteiger charge is 2.22. The average Bonchev–Trinajstić information content (AvgIpc) is 2.52. The lowest BCUT2D eigenvalue weighted by Gasteiger charge is -2.36. The van der Waals surface area contributed by atoms with Gasteiger partial charge in [-0.05, 0) is 24.6 Å². The number of amides is 2. The zero-order valence-electron chi connectivity index (χ0n) is 12.8. The SMILES string of the molecule is C=CCNC(=O)N1CCN(c2cc(C)ccc2OC)CC1. The number of methoxy groups -OCH3 is 1. The number of hydrogen-bond acceptors (Lipinski definition) is 3. The van der Waals surface area contributed by atoms with Gasteiger partial charge in [-0.25, -0.2) is 4.79 Å². The molecule has 114 valence electrons. The van der Waals surface area contributed by atoms with Gasteiger partial charge < -0.3 is 19.9 Å². The third kappa shape index (κ3) is 3.68. The Morgan fingerprint density at radius 2 is 2.10 bits per heavy atom. The van der Waals surface area contributed by atoms with Gasteiger partial charge in [-0.3, -0.25) is 0 Å². The molecule has 1 fully saturated rings. The van der Waals surface area contributed by atoms with Crippen LogP contribution in [0.25, 0.3) is 0 Å². The van der Waals surface area contributed by atoms with E-state index in [9.17, 15) is 4.79 Å². The fourth-order valence-corrected chi connectivity index (χ4v) is 2.47. The monoisotopic (exact) mass is 289 g/mol. The predicted octanol–water partition coefficient (Wildman–Crippen LogP) is 2.02. The molecule has 2 amide bonds. The van der Waals surface area contributed by atoms with Crippen LogP contribution >= 0.6 is 0 Å². The van der Waals surface area contributed by atoms with Gasteiger partial charge in [0.2, 0.25) is 0 Å². The number of urea groups is 1. The Morgan fingerprint density at radius 1 is 1.38 bits per heavy atom. The average molecular weight is 289 g/mol. The van der Waals surface area contributed by atoms with Crippen molar-refractivity contribution in [2.24, 2.45) is 0 Å². The predicted molar refractivity (Wildman–Crippen MR) is 85.1 cm³/mol. The van der Waals surface area contributed by atoms with E-state index in [1.807, 2.05) is 17.0 Å². The van der Waals surface area contributed by atoms with Gasteiger partial charge in [-0.15, -0.1) is 6.58 Å². The van der Waals surface area contributed by atoms with Crippen molar-refractivity contribution in [3.8, 4) is 5.75 Å². The van der Waals surface area contributed by atoms with E-state index in [-0.39, 0.29) is 6.03 Å². The molecule has 21 heavy (non-hydrogen) atoms. The number of benzene rings is 1. The molecular weight excluding hydrogens is 266 g/mol. The lowest BCUT2D eigenvalue weighted by Crippen LogP contribution is -2.52. The second-order valence-electron chi connectivity index (χ2n) is 5.12. The van der Waals surface area contributed by atoms with Gasteiger partial charge in [-0.2, -0.15) is 0 Å². The summed E-state index contributed by atoms with van der Waals surface area (Å²) in [4.78, 5) is 16.0. The van der Waals surface area contributed by atoms with Crippen molar-refractivity contribution < 1.29 is 9.53 Å². The van der Waals surface area contributed by atoms with Crippen LogP contribution < -0.4 is 15.0 Å². The summed E-state index contributed by atoms with van der Waals surface area (Å²) >= 11 is 0. The molecule has 5 heteroatoms. The molecule has 1 saturated heterocycles. The van der Waals surface area contributed by atoms with Crippen molar-refractivity contribution in [3.05, 3.63) is 36.4 Å². The summed E-state index contributed by atoms with van der Waals surface area (Å²) in [5.74, 6) is 0.880. The number of ether oxygens (including phenoxy) is 1. The first-order valence-corrected chi connectivity index (χ1v) is 7.19. The highest BCUT2D eigenvalue weighted by Crippen LogP contribution is 2.29. The zero-order valence-corrected chi connectivity index (χ0v) is 12.8. The minimum absolute atomic E-state index is 0.0224. The van der Waals surface area contributed by atoms with Crippen LogP contribution in [0.5, 0.6) is 5.75 Å². The van der Waals surface area contributed by atoms with Crippen LogP contribution in [0.2, 0.25) is 0 Å². The van der Waals surface area contributed by atoms with Crippen molar-refractivity contribution in [1.29, 1.82) is 0 Å². The zero-order chi connectivity index (χ0) is 15.2. The van der Waals surface area contributed by atoms with Gasteiger partial charge in [0.15, 0.2) is 0 Å². The minimum Gasteiger partial charge on any atom is -0.495 e. The first-order valence-electron chi connectivity index (χ1n) is 7.19. The normalized spacial score (nSPS) is 14.8. The molecular formula is C16H23N3O2. The number of nitrogens with one attached hydrogen (secondary N) is 1. The van der Waals surface area contributed by atoms with E-state index in [0.717, 1.165) is 24.5 Å². The van der Waals surface area contributed by atoms with E-state index >= 15 is 0 Å². The third-order valence-corrected chi connectivity index (χ3v) is 3.64. The summed E-state index contributed by atoms with van der Waals surface area (Å²) in [5.41, 5.74) is 2.31. The van der Waals surface area contributed by atoms with E-state index in [2.05, 4.69) is 29.8 Å². The Morgan fingerprint density at radius 3 is 2.71 bits per heavy atom. The molecule has 1 aromatic rings. The minimum atomic E-state index is -0.0224. The molecule has 0 atom stereocenters. The van der Waals surface area contributed by atoms with Crippen LogP contribution in [0.15, 0.2) is 30.9 Å². The van der Waals surface area contributed by atoms with Gasteiger partial charge >= 0.3 is 6.03 Å². The Hall–Kier alpha value is -2.17. The Bertz CT molecular complexity index is 508. The van der Waals surface area contributed by atoms with Gasteiger partial charge in [0.25, 0.3) is 0 Å². The molecule has 5 nitrogen and oxygen atoms in total. The second kappa shape index (κ2) is 7.02. The van der Waals surface area contributed by atoms with E-state index in [0.29, 0.717) is 19.6 Å². The van der Waals surface area contributed by atoms with Crippen molar-refractivity contribution in [1.82, 2.24) is 10.2 Å². The van der Waals surface area contributed by atoms with E-state index < -0.39 is 0 Å². The summed E-state index contributed by atoms with van der Waals surface area (Å²) in [6.07, 6.45) is 1.69. The molecule has 0 saturated carbocycles. The fourth-order valence-electron chi connectivity index (χ4n) is 2.47. The number of piperazine rings is 1. The quantitative estimate of drug-likeness (QED) is 0.863. The molecule has 2 rings (SSSR count). The molecule has 0 aliphatic carbocycles. The molecule has 0 unspecified atom stereocenters. The maximum Gasteiger partial charge on any atom is 0.317 e. The summed E-state index contributed by atoms with van der Waals surface area (Å²) in [6.45, 7) is 9.21. The van der Waals surface area contributed by atoms with E-state index in [1.165, 1.54) is 5.56 Å². The maximum absolute atomic E-state index is 11.9. The summed E-state index contributed by atoms with van der Waals surface area (Å²) in [6, 6.07) is 6.15. The second-order valence-corrected chi connectivity index (χ2v) is 5.12. The highest BCUT2D eigenvalue weighted by molar-refractivity contribution is 5.74. The first kappa shape index (κ1) is 15.2. The Labute approximate surface area is 126 Å². The number of carbonyl (C=O) groups is 1. The molecule has 0 radical (unpaired) electrons. The summed E-state index contributed by atoms with van der Waals surface area (Å²) < 4.78 is 5.44. The van der Waals surface area contributed by atoms with E-state index in [1.54, 1.807) is 13.2 Å². The summed E-state index contributed by atoms with van der Waals surface area (Å²) in [5, 5.41) is 2.81. The van der Waals surface area contributed by atoms with Crippen LogP contribution in [0.3, 0.4) is 0 Å². The lowest BCUT2D eigenvalue weighted by molar-refractivity contribution is 0.195. The van der Waals surface area contributed by atoms with E-state index in [4.69, 9.17) is 4.74 Å². The molecule has 0 spiro atoms. The molecule has 0 aromatic heterocycles. The van der Waals surface area contributed by atoms with Crippen LogP contribution in [0, 0.1) is 6.92 Å². The molecule has 0 bridgehead atoms. The molecule has 1 aromatic carbocycles. The van der Waals surface area contributed by atoms with Gasteiger partial charge in [-0.1, -0.05) is 12.1 Å². The van der Waals surface area contributed by atoms with Crippen molar-refractivity contribution in [2.45, 2.75) is 6.92 Å². The van der Waals surface area contributed by atoms with Crippen molar-refractivity contribution in [3.63, 3.8) is 0 Å². The number of aryl methyl sites for hydroxylation is 1. The number of nitrogens with zero attached hydrogens (tertiary/aromatic N) is 2. The summed E-state index contributed by atoms with van der Waals surface area (Å²) in [7, 11) is 1.69. The molecule has 1 aliphatic heterocycles. The Balaban J connectivity index is 1.99. The standard InChI is InChI=1S/C16H23N3O2/c1-4-7-17-16(20)19-10-8-18(9-11-19)14-12-13(2)5-6-15(14)21-3/h4-6,12H,1,7-11H2,2-3H3,(H,17,20). The van der Waals surface area contributed by atoms with Gasteiger partial charge in [0, 0.05) is 32.7 Å². The first-order chi connectivity index (χ1) is 10.2. The number of hydrogen-bond donors (Lipinski definition) is 1. The van der Waals surface area contributed by atoms with Crippen LogP contribution in [-0.4, -0.2) is 50.8 Å². The highest BCUT2D eigenvalue weighted by atomic mass is 16.5. The van der Waals surface area contributed by atoms with Gasteiger partial charge in [0.1, 0.15) is 5.75 Å². The third-order valence-electron chi connectivity index (χ3n) is 3.64. The maximum atomic E-state index is 11.9. The lowest BCUT2D eigenvalue weighted by atomic mass is 10.1. The number of carbonyl (C=O) groups excluding carboxylic acids is 1. The fraction of sp³-hybridized carbons (Fsp3) is 0.438. The van der Waals surface area contributed by atoms with Crippen molar-refractivity contribution in [2.75, 3.05) is 44.7 Å².